The Morgan fingerprint density at radius 1 is 1.06 bits per heavy atom. The normalized spacial score (nSPS) is 13.1. The van der Waals surface area contributed by atoms with Crippen molar-refractivity contribution < 1.29 is 0 Å². The van der Waals surface area contributed by atoms with E-state index in [-0.39, 0.29) is 0 Å². The Bertz CT molecular complexity index is 364. The van der Waals surface area contributed by atoms with Crippen LogP contribution in [0.25, 0.3) is 0 Å². The van der Waals surface area contributed by atoms with Crippen LogP contribution in [0.5, 0.6) is 0 Å². The fourth-order valence-corrected chi connectivity index (χ4v) is 2.66. The maximum Gasteiger partial charge on any atom is 0.0404 e. The van der Waals surface area contributed by atoms with Crippen molar-refractivity contribution >= 4 is 0 Å². The van der Waals surface area contributed by atoms with Gasteiger partial charge in [-0.05, 0) is 61.6 Å². The minimum atomic E-state index is 0.646. The number of rotatable bonds is 5. The number of hydrogen-bond acceptors (Lipinski definition) is 1. The molecule has 1 heteroatoms. The Hall–Kier alpha value is -0.850. The second kappa shape index (κ2) is 6.18. The molecule has 0 saturated heterocycles. The average Bonchev–Trinajstić information content (AvgIpc) is 2.34. The third-order valence-electron chi connectivity index (χ3n) is 4.19. The van der Waals surface area contributed by atoms with Crippen molar-refractivity contribution in [2.24, 2.45) is 0 Å². The minimum Gasteiger partial charge on any atom is -0.261 e. The van der Waals surface area contributed by atoms with Gasteiger partial charge in [0.05, 0.1) is 0 Å². The van der Waals surface area contributed by atoms with Gasteiger partial charge < -0.3 is 0 Å². The summed E-state index contributed by atoms with van der Waals surface area (Å²) in [5.41, 5.74) is 5.65. The second-order valence-corrected chi connectivity index (χ2v) is 5.16. The highest BCUT2D eigenvalue weighted by atomic mass is 14.7. The van der Waals surface area contributed by atoms with Crippen LogP contribution in [-0.4, -0.2) is 4.98 Å². The number of aryl methyl sites for hydroxylation is 1. The molecule has 1 atom stereocenters. The zero-order chi connectivity index (χ0) is 13.0. The van der Waals surface area contributed by atoms with Gasteiger partial charge in [-0.25, -0.2) is 0 Å². The van der Waals surface area contributed by atoms with Crippen molar-refractivity contribution in [1.82, 2.24) is 4.98 Å². The third-order valence-corrected chi connectivity index (χ3v) is 4.19. The highest BCUT2D eigenvalue weighted by Crippen LogP contribution is 2.34. The minimum absolute atomic E-state index is 0.646. The first-order valence-corrected chi connectivity index (χ1v) is 7.02. The summed E-state index contributed by atoms with van der Waals surface area (Å²) in [7, 11) is 0. The van der Waals surface area contributed by atoms with Crippen LogP contribution >= 0.6 is 0 Å². The summed E-state index contributed by atoms with van der Waals surface area (Å²) in [4.78, 5) is 4.57. The monoisotopic (exact) mass is 233 g/mol. The summed E-state index contributed by atoms with van der Waals surface area (Å²) >= 11 is 0. The smallest absolute Gasteiger partial charge is 0.0404 e. The molecule has 0 aliphatic rings. The fourth-order valence-electron chi connectivity index (χ4n) is 2.66. The zero-order valence-corrected chi connectivity index (χ0v) is 12.3. The molecule has 0 fully saturated rings. The summed E-state index contributed by atoms with van der Waals surface area (Å²) < 4.78 is 0. The molecule has 1 heterocycles. The molecule has 0 saturated carbocycles. The lowest BCUT2D eigenvalue weighted by atomic mass is 9.83. The lowest BCUT2D eigenvalue weighted by Crippen LogP contribution is -2.09. The zero-order valence-electron chi connectivity index (χ0n) is 12.3. The number of pyridine rings is 1. The summed E-state index contributed by atoms with van der Waals surface area (Å²) in [6.45, 7) is 13.5. The van der Waals surface area contributed by atoms with E-state index in [4.69, 9.17) is 0 Å². The molecule has 1 nitrogen and oxygen atoms in total. The van der Waals surface area contributed by atoms with Crippen molar-refractivity contribution in [2.45, 2.75) is 72.6 Å². The highest BCUT2D eigenvalue weighted by Gasteiger charge is 2.19. The quantitative estimate of drug-likeness (QED) is 0.688. The Morgan fingerprint density at radius 3 is 2.12 bits per heavy atom. The fraction of sp³-hybridized carbons (Fsp3) is 0.688. The Kier molecular flexibility index (Phi) is 5.17. The van der Waals surface area contributed by atoms with E-state index in [1.165, 1.54) is 36.1 Å². The van der Waals surface area contributed by atoms with E-state index in [1.807, 2.05) is 0 Å². The lowest BCUT2D eigenvalue weighted by Gasteiger charge is -2.23. The lowest BCUT2D eigenvalue weighted by molar-refractivity contribution is 0.612. The van der Waals surface area contributed by atoms with E-state index in [0.29, 0.717) is 11.8 Å². The molecule has 0 bridgehead atoms. The standard InChI is InChI=1S/C16H27N/c1-7-11(4)16-12(5)13(6)17-10-15(16)14(8-2)9-3/h10-11,14H,7-9H2,1-6H3. The Balaban J connectivity index is 3.33. The van der Waals surface area contributed by atoms with Crippen molar-refractivity contribution in [1.29, 1.82) is 0 Å². The maximum atomic E-state index is 4.57. The van der Waals surface area contributed by atoms with E-state index < -0.39 is 0 Å². The third kappa shape index (κ3) is 2.88. The van der Waals surface area contributed by atoms with Gasteiger partial charge in [-0.3, -0.25) is 4.98 Å². The molecule has 1 aromatic heterocycles. The van der Waals surface area contributed by atoms with Gasteiger partial charge in [-0.1, -0.05) is 27.7 Å². The molecule has 1 unspecified atom stereocenters. The van der Waals surface area contributed by atoms with Crippen LogP contribution in [0.1, 0.15) is 81.2 Å². The van der Waals surface area contributed by atoms with Gasteiger partial charge in [0, 0.05) is 11.9 Å². The van der Waals surface area contributed by atoms with Crippen LogP contribution in [0, 0.1) is 13.8 Å². The van der Waals surface area contributed by atoms with E-state index in [9.17, 15) is 0 Å². The van der Waals surface area contributed by atoms with E-state index in [1.54, 1.807) is 5.56 Å². The second-order valence-electron chi connectivity index (χ2n) is 5.16. The van der Waals surface area contributed by atoms with Gasteiger partial charge in [0.25, 0.3) is 0 Å². The molecule has 0 aliphatic carbocycles. The van der Waals surface area contributed by atoms with Crippen LogP contribution in [-0.2, 0) is 0 Å². The summed E-state index contributed by atoms with van der Waals surface area (Å²) in [5.74, 6) is 1.32. The molecule has 0 spiro atoms. The number of aromatic nitrogens is 1. The largest absolute Gasteiger partial charge is 0.261 e. The molecule has 17 heavy (non-hydrogen) atoms. The average molecular weight is 233 g/mol. The van der Waals surface area contributed by atoms with Crippen LogP contribution in [0.4, 0.5) is 0 Å². The van der Waals surface area contributed by atoms with Gasteiger partial charge in [0.2, 0.25) is 0 Å². The molecule has 0 aromatic carbocycles. The van der Waals surface area contributed by atoms with Gasteiger partial charge in [-0.15, -0.1) is 0 Å². The van der Waals surface area contributed by atoms with Crippen LogP contribution < -0.4 is 0 Å². The van der Waals surface area contributed by atoms with Crippen molar-refractivity contribution in [2.75, 3.05) is 0 Å². The van der Waals surface area contributed by atoms with Crippen LogP contribution in [0.2, 0.25) is 0 Å². The molecule has 0 radical (unpaired) electrons. The Labute approximate surface area is 107 Å². The molecular weight excluding hydrogens is 206 g/mol. The van der Waals surface area contributed by atoms with Crippen molar-refractivity contribution in [3.63, 3.8) is 0 Å². The molecule has 1 rings (SSSR count). The first-order valence-electron chi connectivity index (χ1n) is 7.02. The summed E-state index contributed by atoms with van der Waals surface area (Å²) in [6.07, 6.45) is 5.76. The number of hydrogen-bond donors (Lipinski definition) is 0. The molecule has 0 aliphatic heterocycles. The van der Waals surface area contributed by atoms with Gasteiger partial charge >= 0.3 is 0 Å². The highest BCUT2D eigenvalue weighted by molar-refractivity contribution is 5.39. The molecular formula is C16H27N. The molecule has 0 amide bonds. The van der Waals surface area contributed by atoms with Crippen LogP contribution in [0.15, 0.2) is 6.20 Å². The molecule has 0 N–H and O–H groups in total. The maximum absolute atomic E-state index is 4.57. The predicted octanol–water partition coefficient (Wildman–Crippen LogP) is 5.12. The van der Waals surface area contributed by atoms with Crippen molar-refractivity contribution in [3.8, 4) is 0 Å². The van der Waals surface area contributed by atoms with Gasteiger partial charge in [-0.2, -0.15) is 0 Å². The Morgan fingerprint density at radius 2 is 1.65 bits per heavy atom. The SMILES string of the molecule is CCC(C)c1c(C(CC)CC)cnc(C)c1C. The first-order chi connectivity index (χ1) is 8.06. The summed E-state index contributed by atoms with van der Waals surface area (Å²) in [5, 5.41) is 0. The summed E-state index contributed by atoms with van der Waals surface area (Å²) in [6, 6.07) is 0. The topological polar surface area (TPSA) is 12.9 Å². The first kappa shape index (κ1) is 14.2. The van der Waals surface area contributed by atoms with Crippen molar-refractivity contribution in [3.05, 3.63) is 28.6 Å². The van der Waals surface area contributed by atoms with E-state index in [2.05, 4.69) is 52.7 Å². The molecule has 96 valence electrons. The molecule has 1 aromatic rings. The van der Waals surface area contributed by atoms with E-state index in [0.717, 1.165) is 0 Å². The number of nitrogens with zero attached hydrogens (tertiary/aromatic N) is 1. The van der Waals surface area contributed by atoms with Gasteiger partial charge in [0.1, 0.15) is 0 Å². The van der Waals surface area contributed by atoms with Gasteiger partial charge in [0.15, 0.2) is 0 Å². The van der Waals surface area contributed by atoms with Crippen LogP contribution in [0.3, 0.4) is 0 Å². The predicted molar refractivity (Wildman–Crippen MR) is 75.7 cm³/mol. The van der Waals surface area contributed by atoms with E-state index >= 15 is 0 Å².